The zero-order valence-electron chi connectivity index (χ0n) is 10.8. The molecule has 4 heteroatoms. The van der Waals surface area contributed by atoms with Gasteiger partial charge in [0.15, 0.2) is 0 Å². The highest BCUT2D eigenvalue weighted by molar-refractivity contribution is 7.10. The van der Waals surface area contributed by atoms with Gasteiger partial charge in [0.25, 0.3) is 0 Å². The van der Waals surface area contributed by atoms with E-state index in [1.54, 1.807) is 11.3 Å². The summed E-state index contributed by atoms with van der Waals surface area (Å²) >= 11 is 1.74. The topological polar surface area (TPSA) is 32.3 Å². The number of carbonyl (C=O) groups is 1. The van der Waals surface area contributed by atoms with Gasteiger partial charge in [-0.25, -0.2) is 0 Å². The van der Waals surface area contributed by atoms with Crippen molar-refractivity contribution < 1.29 is 4.79 Å². The van der Waals surface area contributed by atoms with Crippen LogP contribution in [-0.2, 0) is 4.79 Å². The molecule has 0 radical (unpaired) electrons. The molecule has 2 heterocycles. The summed E-state index contributed by atoms with van der Waals surface area (Å²) < 4.78 is 0. The second kappa shape index (κ2) is 3.17. The molecule has 1 aromatic heterocycles. The molecular weight excluding hydrogens is 244 g/mol. The first-order valence-corrected chi connectivity index (χ1v) is 7.55. The summed E-state index contributed by atoms with van der Waals surface area (Å²) in [7, 11) is 0. The van der Waals surface area contributed by atoms with E-state index >= 15 is 0 Å². The first kappa shape index (κ1) is 11.0. The third-order valence-corrected chi connectivity index (χ3v) is 5.62. The first-order chi connectivity index (χ1) is 8.54. The maximum absolute atomic E-state index is 12.6. The van der Waals surface area contributed by atoms with Gasteiger partial charge >= 0.3 is 0 Å². The molecule has 4 rings (SSSR count). The van der Waals surface area contributed by atoms with Crippen LogP contribution in [0.4, 0.5) is 0 Å². The van der Waals surface area contributed by atoms with Crippen LogP contribution >= 0.6 is 11.3 Å². The van der Waals surface area contributed by atoms with E-state index in [9.17, 15) is 4.79 Å². The third-order valence-electron chi connectivity index (χ3n) is 4.69. The highest BCUT2D eigenvalue weighted by atomic mass is 32.1. The number of carbonyl (C=O) groups excluding carboxylic acids is 1. The minimum Gasteiger partial charge on any atom is -0.317 e. The minimum absolute atomic E-state index is 0.117. The fourth-order valence-electron chi connectivity index (χ4n) is 3.13. The Kier molecular flexibility index (Phi) is 1.94. The summed E-state index contributed by atoms with van der Waals surface area (Å²) in [5.74, 6) is 0.344. The van der Waals surface area contributed by atoms with Crippen LogP contribution in [0.15, 0.2) is 17.5 Å². The molecule has 18 heavy (non-hydrogen) atoms. The monoisotopic (exact) mass is 262 g/mol. The Bertz CT molecular complexity index is 504. The Morgan fingerprint density at radius 2 is 2.17 bits per heavy atom. The van der Waals surface area contributed by atoms with Gasteiger partial charge in [0, 0.05) is 10.9 Å². The zero-order chi connectivity index (χ0) is 12.5. The predicted molar refractivity (Wildman–Crippen MR) is 71.2 cm³/mol. The molecule has 2 aliphatic carbocycles. The molecular formula is C14H18N2OS. The van der Waals surface area contributed by atoms with Gasteiger partial charge in [-0.2, -0.15) is 0 Å². The largest absolute Gasteiger partial charge is 0.317 e. The normalized spacial score (nSPS) is 35.2. The molecule has 0 bridgehead atoms. The van der Waals surface area contributed by atoms with Crippen molar-refractivity contribution in [2.45, 2.75) is 50.9 Å². The highest BCUT2D eigenvalue weighted by Gasteiger charge is 2.65. The van der Waals surface area contributed by atoms with Crippen LogP contribution in [0.25, 0.3) is 0 Å². The van der Waals surface area contributed by atoms with E-state index in [4.69, 9.17) is 0 Å². The molecule has 1 saturated heterocycles. The van der Waals surface area contributed by atoms with E-state index in [0.29, 0.717) is 17.4 Å². The molecule has 1 spiro atoms. The van der Waals surface area contributed by atoms with Crippen molar-refractivity contribution in [3.8, 4) is 0 Å². The Labute approximate surface area is 111 Å². The van der Waals surface area contributed by atoms with Gasteiger partial charge < -0.3 is 4.90 Å². The van der Waals surface area contributed by atoms with Crippen molar-refractivity contribution in [3.63, 3.8) is 0 Å². The Morgan fingerprint density at radius 3 is 2.67 bits per heavy atom. The molecule has 2 unspecified atom stereocenters. The zero-order valence-corrected chi connectivity index (χ0v) is 11.6. The van der Waals surface area contributed by atoms with Gasteiger partial charge in [-0.15, -0.1) is 11.3 Å². The first-order valence-electron chi connectivity index (χ1n) is 6.67. The lowest BCUT2D eigenvalue weighted by Gasteiger charge is -2.25. The summed E-state index contributed by atoms with van der Waals surface area (Å²) in [4.78, 5) is 16.0. The summed E-state index contributed by atoms with van der Waals surface area (Å²) in [6.45, 7) is 4.52. The van der Waals surface area contributed by atoms with Crippen molar-refractivity contribution in [3.05, 3.63) is 22.4 Å². The maximum atomic E-state index is 12.6. The number of hydrogen-bond acceptors (Lipinski definition) is 3. The number of nitrogens with one attached hydrogen (secondary N) is 1. The van der Waals surface area contributed by atoms with Gasteiger partial charge in [-0.1, -0.05) is 19.9 Å². The lowest BCUT2D eigenvalue weighted by atomic mass is 10.1. The van der Waals surface area contributed by atoms with E-state index < -0.39 is 0 Å². The number of hydrogen-bond donors (Lipinski definition) is 1. The van der Waals surface area contributed by atoms with Crippen LogP contribution in [0.5, 0.6) is 0 Å². The lowest BCUT2D eigenvalue weighted by Crippen LogP contribution is -2.35. The molecule has 2 atom stereocenters. The molecule has 0 aromatic carbocycles. The van der Waals surface area contributed by atoms with Gasteiger partial charge in [-0.3, -0.25) is 10.1 Å². The van der Waals surface area contributed by atoms with Gasteiger partial charge in [0.05, 0.1) is 0 Å². The standard InChI is InChI=1S/C14H18N2OS/c1-13(2)8-10(13)16-11(9-4-3-7-18-9)15-14(5-6-14)12(16)17/h3-4,7,10-11,15H,5-6,8H2,1-2H3. The summed E-state index contributed by atoms with van der Waals surface area (Å²) in [6, 6.07) is 4.63. The maximum Gasteiger partial charge on any atom is 0.244 e. The number of rotatable bonds is 2. The molecule has 1 N–H and O–H groups in total. The SMILES string of the molecule is CC1(C)CC1N1C(=O)C2(CC2)NC1c1cccs1. The Balaban J connectivity index is 1.70. The molecule has 3 nitrogen and oxygen atoms in total. The molecule has 96 valence electrons. The Morgan fingerprint density at radius 1 is 1.44 bits per heavy atom. The van der Waals surface area contributed by atoms with E-state index in [1.165, 1.54) is 4.88 Å². The summed E-state index contributed by atoms with van der Waals surface area (Å²) in [5.41, 5.74) is 0.0978. The average Bonchev–Trinajstić information content (AvgIpc) is 3.08. The van der Waals surface area contributed by atoms with Crippen molar-refractivity contribution in [2.75, 3.05) is 0 Å². The van der Waals surface area contributed by atoms with Gasteiger partial charge in [0.1, 0.15) is 11.7 Å². The molecule has 1 aliphatic heterocycles. The highest BCUT2D eigenvalue weighted by Crippen LogP contribution is 2.56. The van der Waals surface area contributed by atoms with Crippen LogP contribution < -0.4 is 5.32 Å². The third kappa shape index (κ3) is 1.36. The van der Waals surface area contributed by atoms with Crippen molar-refractivity contribution in [2.24, 2.45) is 5.41 Å². The van der Waals surface area contributed by atoms with Crippen LogP contribution in [0.1, 0.15) is 44.2 Å². The second-order valence-corrected chi connectivity index (χ2v) is 7.54. The molecule has 1 amide bonds. The van der Waals surface area contributed by atoms with Gasteiger partial charge in [0.2, 0.25) is 5.91 Å². The number of thiophene rings is 1. The van der Waals surface area contributed by atoms with Gasteiger partial charge in [-0.05, 0) is 36.1 Å². The summed E-state index contributed by atoms with van der Waals surface area (Å²) in [6.07, 6.45) is 3.28. The number of nitrogens with zero attached hydrogens (tertiary/aromatic N) is 1. The van der Waals surface area contributed by atoms with E-state index in [-0.39, 0.29) is 11.7 Å². The fourth-order valence-corrected chi connectivity index (χ4v) is 3.90. The van der Waals surface area contributed by atoms with E-state index in [2.05, 4.69) is 41.6 Å². The van der Waals surface area contributed by atoms with E-state index in [0.717, 1.165) is 19.3 Å². The predicted octanol–water partition coefficient (Wildman–Crippen LogP) is 2.51. The smallest absolute Gasteiger partial charge is 0.244 e. The quantitative estimate of drug-likeness (QED) is 0.888. The Hall–Kier alpha value is -0.870. The number of amides is 1. The summed E-state index contributed by atoms with van der Waals surface area (Å²) in [5, 5.41) is 5.68. The van der Waals surface area contributed by atoms with Crippen LogP contribution in [0, 0.1) is 5.41 Å². The molecule has 3 aliphatic rings. The molecule has 1 aromatic rings. The van der Waals surface area contributed by atoms with Crippen LogP contribution in [0.2, 0.25) is 0 Å². The van der Waals surface area contributed by atoms with Crippen LogP contribution in [-0.4, -0.2) is 22.4 Å². The van der Waals surface area contributed by atoms with Crippen molar-refractivity contribution in [1.29, 1.82) is 0 Å². The fraction of sp³-hybridized carbons (Fsp3) is 0.643. The van der Waals surface area contributed by atoms with Crippen molar-refractivity contribution in [1.82, 2.24) is 10.2 Å². The van der Waals surface area contributed by atoms with Crippen LogP contribution in [0.3, 0.4) is 0 Å². The molecule has 3 fully saturated rings. The average molecular weight is 262 g/mol. The minimum atomic E-state index is -0.201. The molecule has 2 saturated carbocycles. The van der Waals surface area contributed by atoms with Crippen molar-refractivity contribution >= 4 is 17.2 Å². The van der Waals surface area contributed by atoms with E-state index in [1.807, 2.05) is 0 Å². The second-order valence-electron chi connectivity index (χ2n) is 6.57. The lowest BCUT2D eigenvalue weighted by molar-refractivity contribution is -0.131.